The number of nitrogens with one attached hydrogen (secondary N) is 1. The second kappa shape index (κ2) is 6.16. The van der Waals surface area contributed by atoms with Gasteiger partial charge in [0.2, 0.25) is 0 Å². The number of Topliss-reactive ketones (excluding diaryl/α,β-unsaturated/α-hetero) is 1. The highest BCUT2D eigenvalue weighted by Gasteiger charge is 2.40. The number of phenols is 1. The second-order valence-corrected chi connectivity index (χ2v) is 6.94. The number of para-hydroxylation sites is 1. The van der Waals surface area contributed by atoms with E-state index in [1.54, 1.807) is 38.1 Å². The molecule has 3 N–H and O–H groups in total. The average Bonchev–Trinajstić information content (AvgIpc) is 2.61. The third-order valence-corrected chi connectivity index (χ3v) is 5.28. The third kappa shape index (κ3) is 2.65. The largest absolute Gasteiger partial charge is 0.508 e. The first-order valence-corrected chi connectivity index (χ1v) is 8.76. The first-order chi connectivity index (χ1) is 12.9. The van der Waals surface area contributed by atoms with Crippen LogP contribution < -0.4 is 10.3 Å². The number of hydrogen-bond donors (Lipinski definition) is 3. The lowest BCUT2D eigenvalue weighted by Crippen LogP contribution is -2.40. The van der Waals surface area contributed by atoms with E-state index in [0.717, 1.165) is 0 Å². The van der Waals surface area contributed by atoms with Crippen LogP contribution in [-0.4, -0.2) is 27.1 Å². The molecule has 0 saturated heterocycles. The Labute approximate surface area is 155 Å². The Morgan fingerprint density at radius 2 is 1.85 bits per heavy atom. The van der Waals surface area contributed by atoms with E-state index in [9.17, 15) is 19.8 Å². The van der Waals surface area contributed by atoms with E-state index in [4.69, 9.17) is 4.74 Å². The van der Waals surface area contributed by atoms with E-state index < -0.39 is 23.5 Å². The van der Waals surface area contributed by atoms with Gasteiger partial charge in [0, 0.05) is 17.4 Å². The minimum Gasteiger partial charge on any atom is -0.508 e. The molecule has 1 aliphatic heterocycles. The molecule has 0 saturated carbocycles. The van der Waals surface area contributed by atoms with Crippen molar-refractivity contribution in [1.29, 1.82) is 0 Å². The molecule has 6 nitrogen and oxygen atoms in total. The van der Waals surface area contributed by atoms with Crippen molar-refractivity contribution >= 4 is 16.7 Å². The average molecular weight is 365 g/mol. The lowest BCUT2D eigenvalue weighted by Gasteiger charge is -2.34. The number of rotatable bonds is 2. The molecule has 6 heteroatoms. The SMILES string of the molecule is CC1Oc2cc(O)ccc2C(=O)C1C(C)c1c(O)c2ccccc2[nH]c1=O. The van der Waals surface area contributed by atoms with Crippen molar-refractivity contribution in [2.24, 2.45) is 5.92 Å². The van der Waals surface area contributed by atoms with Crippen molar-refractivity contribution in [3.8, 4) is 17.2 Å². The van der Waals surface area contributed by atoms with Gasteiger partial charge in [-0.15, -0.1) is 0 Å². The van der Waals surface area contributed by atoms with Gasteiger partial charge in [-0.25, -0.2) is 0 Å². The van der Waals surface area contributed by atoms with E-state index in [1.165, 1.54) is 18.2 Å². The predicted octanol–water partition coefficient (Wildman–Crippen LogP) is 3.32. The van der Waals surface area contributed by atoms with Crippen molar-refractivity contribution in [2.45, 2.75) is 25.9 Å². The Bertz CT molecular complexity index is 1120. The Balaban J connectivity index is 1.82. The molecule has 138 valence electrons. The molecule has 0 amide bonds. The molecule has 3 atom stereocenters. The number of ether oxygens (including phenoxy) is 1. The number of ketones is 1. The van der Waals surface area contributed by atoms with Gasteiger partial charge in [-0.2, -0.15) is 0 Å². The zero-order valence-electron chi connectivity index (χ0n) is 14.9. The summed E-state index contributed by atoms with van der Waals surface area (Å²) in [6.45, 7) is 3.49. The highest BCUT2D eigenvalue weighted by atomic mass is 16.5. The maximum atomic E-state index is 13.1. The van der Waals surface area contributed by atoms with Crippen LogP contribution in [0.2, 0.25) is 0 Å². The molecule has 1 aromatic heterocycles. The Morgan fingerprint density at radius 1 is 1.11 bits per heavy atom. The molecule has 1 aliphatic rings. The summed E-state index contributed by atoms with van der Waals surface area (Å²) in [7, 11) is 0. The fourth-order valence-corrected chi connectivity index (χ4v) is 3.95. The van der Waals surface area contributed by atoms with E-state index in [-0.39, 0.29) is 22.8 Å². The first-order valence-electron chi connectivity index (χ1n) is 8.76. The maximum Gasteiger partial charge on any atom is 0.255 e. The number of aromatic nitrogens is 1. The molecule has 0 radical (unpaired) electrons. The molecule has 2 heterocycles. The summed E-state index contributed by atoms with van der Waals surface area (Å²) in [5, 5.41) is 20.9. The molecule has 0 aliphatic carbocycles. The number of hydrogen-bond acceptors (Lipinski definition) is 5. The fraction of sp³-hybridized carbons (Fsp3) is 0.238. The van der Waals surface area contributed by atoms with Gasteiger partial charge >= 0.3 is 0 Å². The van der Waals surface area contributed by atoms with Crippen LogP contribution in [0.15, 0.2) is 47.3 Å². The quantitative estimate of drug-likeness (QED) is 0.647. The molecule has 3 unspecified atom stereocenters. The number of aromatic hydroxyl groups is 2. The van der Waals surface area contributed by atoms with Gasteiger partial charge in [0.05, 0.1) is 22.6 Å². The molecule has 27 heavy (non-hydrogen) atoms. The Kier molecular flexibility index (Phi) is 3.91. The van der Waals surface area contributed by atoms with Crippen LogP contribution in [0.3, 0.4) is 0 Å². The van der Waals surface area contributed by atoms with Crippen LogP contribution in [0.4, 0.5) is 0 Å². The predicted molar refractivity (Wildman–Crippen MR) is 101 cm³/mol. The molecule has 0 bridgehead atoms. The number of carbonyl (C=O) groups is 1. The number of phenolic OH excluding ortho intramolecular Hbond substituents is 1. The number of H-pyrrole nitrogens is 1. The van der Waals surface area contributed by atoms with Gasteiger partial charge in [0.1, 0.15) is 23.4 Å². The van der Waals surface area contributed by atoms with E-state index in [1.807, 2.05) is 0 Å². The van der Waals surface area contributed by atoms with Gasteiger partial charge < -0.3 is 19.9 Å². The van der Waals surface area contributed by atoms with Crippen LogP contribution in [0, 0.1) is 5.92 Å². The van der Waals surface area contributed by atoms with Crippen LogP contribution in [0.1, 0.15) is 35.7 Å². The van der Waals surface area contributed by atoms with Crippen molar-refractivity contribution in [1.82, 2.24) is 4.98 Å². The number of fused-ring (bicyclic) bond motifs is 2. The third-order valence-electron chi connectivity index (χ3n) is 5.28. The summed E-state index contributed by atoms with van der Waals surface area (Å²) in [5.41, 5.74) is 0.649. The summed E-state index contributed by atoms with van der Waals surface area (Å²) >= 11 is 0. The zero-order valence-corrected chi connectivity index (χ0v) is 14.9. The van der Waals surface area contributed by atoms with Crippen LogP contribution in [0.25, 0.3) is 10.9 Å². The molecule has 4 rings (SSSR count). The normalized spacial score (nSPS) is 20.1. The number of benzene rings is 2. The highest BCUT2D eigenvalue weighted by molar-refractivity contribution is 6.02. The molecule has 3 aromatic rings. The van der Waals surface area contributed by atoms with Gasteiger partial charge in [-0.1, -0.05) is 19.1 Å². The number of aromatic amines is 1. The van der Waals surface area contributed by atoms with Crippen molar-refractivity contribution in [2.75, 3.05) is 0 Å². The van der Waals surface area contributed by atoms with Crippen molar-refractivity contribution in [3.63, 3.8) is 0 Å². The van der Waals surface area contributed by atoms with Gasteiger partial charge in [-0.05, 0) is 31.2 Å². The van der Waals surface area contributed by atoms with Crippen LogP contribution in [-0.2, 0) is 0 Å². The van der Waals surface area contributed by atoms with Crippen LogP contribution >= 0.6 is 0 Å². The van der Waals surface area contributed by atoms with E-state index in [2.05, 4.69) is 4.98 Å². The molecular formula is C21H19NO5. The van der Waals surface area contributed by atoms with Gasteiger partial charge in [-0.3, -0.25) is 9.59 Å². The van der Waals surface area contributed by atoms with Gasteiger partial charge in [0.15, 0.2) is 5.78 Å². The van der Waals surface area contributed by atoms with Gasteiger partial charge in [0.25, 0.3) is 5.56 Å². The van der Waals surface area contributed by atoms with E-state index >= 15 is 0 Å². The lowest BCUT2D eigenvalue weighted by atomic mass is 9.77. The highest BCUT2D eigenvalue weighted by Crippen LogP contribution is 2.41. The lowest BCUT2D eigenvalue weighted by molar-refractivity contribution is 0.0653. The summed E-state index contributed by atoms with van der Waals surface area (Å²) in [6, 6.07) is 11.3. The van der Waals surface area contributed by atoms with Crippen molar-refractivity contribution < 1.29 is 19.7 Å². The monoisotopic (exact) mass is 365 g/mol. The molecule has 2 aromatic carbocycles. The topological polar surface area (TPSA) is 99.6 Å². The molecule has 0 spiro atoms. The zero-order chi connectivity index (χ0) is 19.3. The Hall–Kier alpha value is -3.28. The smallest absolute Gasteiger partial charge is 0.255 e. The summed E-state index contributed by atoms with van der Waals surface area (Å²) in [5.74, 6) is -1.16. The summed E-state index contributed by atoms with van der Waals surface area (Å²) in [4.78, 5) is 28.5. The number of pyridine rings is 1. The maximum absolute atomic E-state index is 13.1. The Morgan fingerprint density at radius 3 is 2.63 bits per heavy atom. The molecule has 0 fully saturated rings. The molecular weight excluding hydrogens is 346 g/mol. The minimum atomic E-state index is -0.643. The van der Waals surface area contributed by atoms with Crippen molar-refractivity contribution in [3.05, 3.63) is 63.9 Å². The summed E-state index contributed by atoms with van der Waals surface area (Å²) in [6.07, 6.45) is -0.521. The van der Waals surface area contributed by atoms with E-state index in [0.29, 0.717) is 22.2 Å². The number of carbonyl (C=O) groups excluding carboxylic acids is 1. The fourth-order valence-electron chi connectivity index (χ4n) is 3.95. The minimum absolute atomic E-state index is 0.0175. The second-order valence-electron chi connectivity index (χ2n) is 6.94. The first kappa shape index (κ1) is 17.1. The van der Waals surface area contributed by atoms with Crippen LogP contribution in [0.5, 0.6) is 17.2 Å². The standard InChI is InChI=1S/C21H19NO5/c1-10(18-19(24)13-5-3-4-6-15(13)22-21(18)26)17-11(2)27-16-9-12(23)7-8-14(16)20(17)25/h3-11,17,23H,1-2H3,(H2,22,24,26). The summed E-state index contributed by atoms with van der Waals surface area (Å²) < 4.78 is 5.83.